The van der Waals surface area contributed by atoms with Crippen LogP contribution in [0.5, 0.6) is 0 Å². The van der Waals surface area contributed by atoms with Gasteiger partial charge in [-0.05, 0) is 54.6 Å². The van der Waals surface area contributed by atoms with Gasteiger partial charge in [0.1, 0.15) is 0 Å². The molecule has 9 heteroatoms. The van der Waals surface area contributed by atoms with Gasteiger partial charge in [-0.15, -0.1) is 0 Å². The van der Waals surface area contributed by atoms with Crippen LogP contribution in [0, 0.1) is 0 Å². The lowest BCUT2D eigenvalue weighted by atomic mass is 10.1. The van der Waals surface area contributed by atoms with Crippen LogP contribution >= 0.6 is 11.6 Å². The molecule has 0 aliphatic heterocycles. The Bertz CT molecular complexity index is 1100. The average molecular weight is 448 g/mol. The predicted molar refractivity (Wildman–Crippen MR) is 114 cm³/mol. The molecule has 0 aliphatic rings. The van der Waals surface area contributed by atoms with E-state index < -0.39 is 17.6 Å². The van der Waals surface area contributed by atoms with Crippen LogP contribution in [0.1, 0.15) is 15.9 Å². The van der Waals surface area contributed by atoms with Gasteiger partial charge in [0.15, 0.2) is 0 Å². The van der Waals surface area contributed by atoms with Crippen LogP contribution in [-0.2, 0) is 11.0 Å². The summed E-state index contributed by atoms with van der Waals surface area (Å²) >= 11 is 5.89. The maximum atomic E-state index is 12.8. The number of carbonyl (C=O) groups is 2. The first kappa shape index (κ1) is 22.2. The van der Waals surface area contributed by atoms with Crippen LogP contribution in [0.4, 0.5) is 30.2 Å². The molecule has 0 bridgehead atoms. The topological polar surface area (TPSA) is 70.2 Å². The molecule has 0 aromatic heterocycles. The zero-order valence-electron chi connectivity index (χ0n) is 16.0. The number of hydrogen-bond donors (Lipinski definition) is 3. The molecule has 0 fully saturated rings. The van der Waals surface area contributed by atoms with Crippen molar-refractivity contribution >= 4 is 40.5 Å². The summed E-state index contributed by atoms with van der Waals surface area (Å²) < 4.78 is 38.5. The Kier molecular flexibility index (Phi) is 6.81. The third-order valence-electron chi connectivity index (χ3n) is 4.13. The molecule has 0 unspecified atom stereocenters. The fourth-order valence-corrected chi connectivity index (χ4v) is 2.89. The zero-order valence-corrected chi connectivity index (χ0v) is 16.7. The summed E-state index contributed by atoms with van der Waals surface area (Å²) in [6.07, 6.45) is -4.51. The lowest BCUT2D eigenvalue weighted by Gasteiger charge is -2.11. The lowest BCUT2D eigenvalue weighted by molar-refractivity contribution is -0.137. The molecule has 5 nitrogen and oxygen atoms in total. The smallest absolute Gasteiger partial charge is 0.376 e. The second-order valence-corrected chi connectivity index (χ2v) is 6.96. The Balaban J connectivity index is 1.61. The Morgan fingerprint density at radius 3 is 2.16 bits per heavy atom. The van der Waals surface area contributed by atoms with Crippen molar-refractivity contribution in [3.63, 3.8) is 0 Å². The molecule has 3 N–H and O–H groups in total. The van der Waals surface area contributed by atoms with Gasteiger partial charge in [0.2, 0.25) is 5.91 Å². The minimum atomic E-state index is -4.51. The highest BCUT2D eigenvalue weighted by molar-refractivity contribution is 6.30. The molecule has 0 heterocycles. The van der Waals surface area contributed by atoms with Crippen molar-refractivity contribution in [1.82, 2.24) is 0 Å². The molecule has 160 valence electrons. The van der Waals surface area contributed by atoms with Gasteiger partial charge in [0.25, 0.3) is 5.91 Å². The Morgan fingerprint density at radius 2 is 1.45 bits per heavy atom. The molecule has 0 radical (unpaired) electrons. The van der Waals surface area contributed by atoms with Gasteiger partial charge in [-0.25, -0.2) is 0 Å². The van der Waals surface area contributed by atoms with Crippen molar-refractivity contribution in [3.05, 3.63) is 88.9 Å². The number of carbonyl (C=O) groups excluding carboxylic acids is 2. The quantitative estimate of drug-likeness (QED) is 0.456. The fraction of sp³-hybridized carbons (Fsp3) is 0.0909. The summed E-state index contributed by atoms with van der Waals surface area (Å²) in [5.41, 5.74) is 0.378. The first-order valence-corrected chi connectivity index (χ1v) is 9.46. The summed E-state index contributed by atoms with van der Waals surface area (Å²) in [6.45, 7) is -0.0268. The number of nitrogens with one attached hydrogen (secondary N) is 3. The van der Waals surface area contributed by atoms with Crippen molar-refractivity contribution < 1.29 is 22.8 Å². The zero-order chi connectivity index (χ0) is 22.4. The molecule has 3 aromatic carbocycles. The van der Waals surface area contributed by atoms with Crippen LogP contribution < -0.4 is 16.0 Å². The minimum absolute atomic E-state index is 0.0139. The van der Waals surface area contributed by atoms with E-state index in [0.29, 0.717) is 16.4 Å². The average Bonchev–Trinajstić information content (AvgIpc) is 2.72. The van der Waals surface area contributed by atoms with Crippen molar-refractivity contribution in [2.45, 2.75) is 6.18 Å². The first-order valence-electron chi connectivity index (χ1n) is 9.09. The summed E-state index contributed by atoms with van der Waals surface area (Å²) in [7, 11) is 0. The van der Waals surface area contributed by atoms with Gasteiger partial charge in [-0.2, -0.15) is 13.2 Å². The molecule has 0 spiro atoms. The van der Waals surface area contributed by atoms with E-state index in [0.717, 1.165) is 12.1 Å². The van der Waals surface area contributed by atoms with Crippen LogP contribution in [0.25, 0.3) is 0 Å². The van der Waals surface area contributed by atoms with Crippen LogP contribution in [0.2, 0.25) is 5.02 Å². The Morgan fingerprint density at radius 1 is 0.806 bits per heavy atom. The van der Waals surface area contributed by atoms with Crippen LogP contribution in [-0.4, -0.2) is 18.4 Å². The maximum absolute atomic E-state index is 12.8. The number of anilines is 3. The normalized spacial score (nSPS) is 11.0. The van der Waals surface area contributed by atoms with Crippen molar-refractivity contribution in [2.24, 2.45) is 0 Å². The number of halogens is 4. The highest BCUT2D eigenvalue weighted by Gasteiger charge is 2.30. The molecule has 2 amide bonds. The minimum Gasteiger partial charge on any atom is -0.376 e. The van der Waals surface area contributed by atoms with E-state index in [1.54, 1.807) is 36.4 Å². The molecule has 3 aromatic rings. The van der Waals surface area contributed by atoms with Gasteiger partial charge >= 0.3 is 6.18 Å². The van der Waals surface area contributed by atoms with E-state index in [-0.39, 0.29) is 23.7 Å². The molecule has 0 atom stereocenters. The second kappa shape index (κ2) is 9.53. The SMILES string of the molecule is O=C(CNc1cccc(Cl)c1)Nc1cccc(C(=O)Nc2cccc(C(F)(F)F)c2)c1. The van der Waals surface area contributed by atoms with Crippen molar-refractivity contribution in [1.29, 1.82) is 0 Å². The van der Waals surface area contributed by atoms with Crippen LogP contribution in [0.15, 0.2) is 72.8 Å². The molecular formula is C22H17ClF3N3O2. The third-order valence-corrected chi connectivity index (χ3v) is 4.37. The molecule has 3 rings (SSSR count). The van der Waals surface area contributed by atoms with Gasteiger partial charge < -0.3 is 16.0 Å². The Hall–Kier alpha value is -3.52. The van der Waals surface area contributed by atoms with Crippen molar-refractivity contribution in [3.8, 4) is 0 Å². The predicted octanol–water partition coefficient (Wildman–Crippen LogP) is 5.66. The number of amides is 2. The molecule has 0 saturated heterocycles. The lowest BCUT2D eigenvalue weighted by Crippen LogP contribution is -2.22. The number of benzene rings is 3. The van der Waals surface area contributed by atoms with E-state index in [4.69, 9.17) is 11.6 Å². The monoisotopic (exact) mass is 447 g/mol. The summed E-state index contributed by atoms with van der Waals surface area (Å²) in [5.74, 6) is -0.956. The van der Waals surface area contributed by atoms with Crippen molar-refractivity contribution in [2.75, 3.05) is 22.5 Å². The van der Waals surface area contributed by atoms with Crippen LogP contribution in [0.3, 0.4) is 0 Å². The Labute approximate surface area is 181 Å². The van der Waals surface area contributed by atoms with E-state index in [1.165, 1.54) is 24.3 Å². The largest absolute Gasteiger partial charge is 0.416 e. The highest BCUT2D eigenvalue weighted by atomic mass is 35.5. The summed E-state index contributed by atoms with van der Waals surface area (Å²) in [6, 6.07) is 17.3. The van der Waals surface area contributed by atoms with E-state index in [9.17, 15) is 22.8 Å². The third kappa shape index (κ3) is 6.48. The molecule has 0 aliphatic carbocycles. The summed E-state index contributed by atoms with van der Waals surface area (Å²) in [5, 5.41) is 8.54. The highest BCUT2D eigenvalue weighted by Crippen LogP contribution is 2.30. The maximum Gasteiger partial charge on any atom is 0.416 e. The number of hydrogen-bond acceptors (Lipinski definition) is 3. The summed E-state index contributed by atoms with van der Waals surface area (Å²) in [4.78, 5) is 24.6. The first-order chi connectivity index (χ1) is 14.7. The number of rotatable bonds is 6. The van der Waals surface area contributed by atoms with E-state index in [2.05, 4.69) is 16.0 Å². The fourth-order valence-electron chi connectivity index (χ4n) is 2.70. The number of alkyl halides is 3. The van der Waals surface area contributed by atoms with Gasteiger partial charge in [0, 0.05) is 27.6 Å². The van der Waals surface area contributed by atoms with Gasteiger partial charge in [-0.1, -0.05) is 29.8 Å². The molecular weight excluding hydrogens is 431 g/mol. The van der Waals surface area contributed by atoms with E-state index in [1.807, 2.05) is 0 Å². The standard InChI is InChI=1S/C22H17ClF3N3O2/c23-16-6-3-7-17(12-16)27-13-20(30)28-18-8-1-4-14(10-18)21(31)29-19-9-2-5-15(11-19)22(24,25)26/h1-12,27H,13H2,(H,28,30)(H,29,31). The second-order valence-electron chi connectivity index (χ2n) is 6.53. The van der Waals surface area contributed by atoms with Gasteiger partial charge in [0.05, 0.1) is 12.1 Å². The molecule has 0 saturated carbocycles. The van der Waals surface area contributed by atoms with E-state index >= 15 is 0 Å². The van der Waals surface area contributed by atoms with Gasteiger partial charge in [-0.3, -0.25) is 9.59 Å². The molecule has 31 heavy (non-hydrogen) atoms.